The molecule has 0 aliphatic rings. The standard InChI is InChI=1S/C20H19F2N3O3/c1-11-19(12(2)25(24-11)18-6-5-13(21)7-17(18)22)20(26)23-14-8-15(27-3)10-16(9-14)28-4/h5-10H,1-4H3,(H,23,26). The molecule has 0 bridgehead atoms. The highest BCUT2D eigenvalue weighted by Crippen LogP contribution is 2.27. The Morgan fingerprint density at radius 2 is 1.68 bits per heavy atom. The van der Waals surface area contributed by atoms with Crippen molar-refractivity contribution in [3.8, 4) is 17.2 Å². The summed E-state index contributed by atoms with van der Waals surface area (Å²) in [4.78, 5) is 12.8. The van der Waals surface area contributed by atoms with Crippen LogP contribution in [0.5, 0.6) is 11.5 Å². The summed E-state index contributed by atoms with van der Waals surface area (Å²) in [6, 6.07) is 8.16. The van der Waals surface area contributed by atoms with Gasteiger partial charge in [-0.25, -0.2) is 13.5 Å². The summed E-state index contributed by atoms with van der Waals surface area (Å²) in [6.07, 6.45) is 0. The van der Waals surface area contributed by atoms with E-state index in [4.69, 9.17) is 9.47 Å². The first-order valence-corrected chi connectivity index (χ1v) is 8.40. The Kier molecular flexibility index (Phi) is 5.30. The predicted octanol–water partition coefficient (Wildman–Crippen LogP) is 4.04. The molecule has 0 radical (unpaired) electrons. The van der Waals surface area contributed by atoms with Gasteiger partial charge in [-0.3, -0.25) is 4.79 Å². The summed E-state index contributed by atoms with van der Waals surface area (Å²) in [5.41, 5.74) is 1.67. The average Bonchev–Trinajstić information content (AvgIpc) is 2.95. The van der Waals surface area contributed by atoms with E-state index in [-0.39, 0.29) is 5.69 Å². The van der Waals surface area contributed by atoms with E-state index in [1.54, 1.807) is 32.0 Å². The quantitative estimate of drug-likeness (QED) is 0.718. The van der Waals surface area contributed by atoms with Gasteiger partial charge < -0.3 is 14.8 Å². The first-order valence-electron chi connectivity index (χ1n) is 8.40. The lowest BCUT2D eigenvalue weighted by Gasteiger charge is -2.10. The minimum atomic E-state index is -0.768. The predicted molar refractivity (Wildman–Crippen MR) is 100 cm³/mol. The fourth-order valence-electron chi connectivity index (χ4n) is 2.93. The summed E-state index contributed by atoms with van der Waals surface area (Å²) < 4.78 is 39.0. The molecule has 146 valence electrons. The van der Waals surface area contributed by atoms with Crippen molar-refractivity contribution in [1.82, 2.24) is 9.78 Å². The van der Waals surface area contributed by atoms with Gasteiger partial charge in [0.25, 0.3) is 5.91 Å². The van der Waals surface area contributed by atoms with Crippen molar-refractivity contribution in [2.75, 3.05) is 19.5 Å². The molecule has 28 heavy (non-hydrogen) atoms. The van der Waals surface area contributed by atoms with E-state index in [2.05, 4.69) is 10.4 Å². The second-order valence-electron chi connectivity index (χ2n) is 6.11. The summed E-state index contributed by atoms with van der Waals surface area (Å²) in [7, 11) is 3.02. The summed E-state index contributed by atoms with van der Waals surface area (Å²) >= 11 is 0. The minimum Gasteiger partial charge on any atom is -0.497 e. The van der Waals surface area contributed by atoms with Crippen molar-refractivity contribution >= 4 is 11.6 Å². The number of halogens is 2. The third-order valence-electron chi connectivity index (χ3n) is 4.27. The fourth-order valence-corrected chi connectivity index (χ4v) is 2.93. The van der Waals surface area contributed by atoms with Gasteiger partial charge in [0.1, 0.15) is 23.0 Å². The summed E-state index contributed by atoms with van der Waals surface area (Å²) in [5.74, 6) is -0.832. The zero-order valence-electron chi connectivity index (χ0n) is 15.8. The maximum atomic E-state index is 14.1. The highest BCUT2D eigenvalue weighted by molar-refractivity contribution is 6.06. The van der Waals surface area contributed by atoms with E-state index >= 15 is 0 Å². The first-order chi connectivity index (χ1) is 13.3. The zero-order chi connectivity index (χ0) is 20.4. The lowest BCUT2D eigenvalue weighted by atomic mass is 10.1. The number of aryl methyl sites for hydroxylation is 1. The van der Waals surface area contributed by atoms with E-state index < -0.39 is 17.5 Å². The third-order valence-corrected chi connectivity index (χ3v) is 4.27. The highest BCUT2D eigenvalue weighted by Gasteiger charge is 2.21. The molecule has 0 saturated carbocycles. The highest BCUT2D eigenvalue weighted by atomic mass is 19.1. The van der Waals surface area contributed by atoms with Gasteiger partial charge in [0.05, 0.1) is 31.2 Å². The van der Waals surface area contributed by atoms with E-state index in [0.717, 1.165) is 12.1 Å². The number of carbonyl (C=O) groups excluding carboxylic acids is 1. The van der Waals surface area contributed by atoms with Crippen LogP contribution in [-0.4, -0.2) is 29.9 Å². The van der Waals surface area contributed by atoms with Gasteiger partial charge in [0.2, 0.25) is 0 Å². The molecule has 1 aromatic heterocycles. The Hall–Kier alpha value is -3.42. The molecule has 0 atom stereocenters. The van der Waals surface area contributed by atoms with Crippen LogP contribution < -0.4 is 14.8 Å². The molecule has 0 unspecified atom stereocenters. The third kappa shape index (κ3) is 3.66. The van der Waals surface area contributed by atoms with Crippen LogP contribution in [0.2, 0.25) is 0 Å². The zero-order valence-corrected chi connectivity index (χ0v) is 15.8. The van der Waals surface area contributed by atoms with E-state index in [0.29, 0.717) is 34.1 Å². The van der Waals surface area contributed by atoms with Crippen molar-refractivity contribution in [1.29, 1.82) is 0 Å². The number of hydrogen-bond donors (Lipinski definition) is 1. The van der Waals surface area contributed by atoms with Crippen molar-refractivity contribution in [3.63, 3.8) is 0 Å². The molecule has 8 heteroatoms. The topological polar surface area (TPSA) is 65.4 Å². The molecule has 0 spiro atoms. The number of carbonyl (C=O) groups is 1. The van der Waals surface area contributed by atoms with Gasteiger partial charge in [-0.2, -0.15) is 5.10 Å². The molecule has 0 aliphatic carbocycles. The van der Waals surface area contributed by atoms with Gasteiger partial charge in [-0.1, -0.05) is 0 Å². The molecule has 0 fully saturated rings. The number of nitrogens with zero attached hydrogens (tertiary/aromatic N) is 2. The molecule has 3 aromatic rings. The second kappa shape index (κ2) is 7.67. The van der Waals surface area contributed by atoms with E-state index in [1.165, 1.54) is 25.0 Å². The first kappa shape index (κ1) is 19.3. The Bertz CT molecular complexity index is 1030. The normalized spacial score (nSPS) is 10.6. The monoisotopic (exact) mass is 387 g/mol. The van der Waals surface area contributed by atoms with Gasteiger partial charge in [-0.15, -0.1) is 0 Å². The van der Waals surface area contributed by atoms with Crippen LogP contribution in [-0.2, 0) is 0 Å². The SMILES string of the molecule is COc1cc(NC(=O)c2c(C)nn(-c3ccc(F)cc3F)c2C)cc(OC)c1. The molecule has 1 heterocycles. The van der Waals surface area contributed by atoms with E-state index in [9.17, 15) is 13.6 Å². The smallest absolute Gasteiger partial charge is 0.259 e. The van der Waals surface area contributed by atoms with E-state index in [1.807, 2.05) is 0 Å². The molecule has 3 rings (SSSR count). The molecular formula is C20H19F2N3O3. The number of methoxy groups -OCH3 is 2. The molecule has 0 aliphatic heterocycles. The van der Waals surface area contributed by atoms with Crippen molar-refractivity contribution in [2.45, 2.75) is 13.8 Å². The van der Waals surface area contributed by atoms with Crippen LogP contribution in [0.4, 0.5) is 14.5 Å². The number of aromatic nitrogens is 2. The Balaban J connectivity index is 1.96. The number of hydrogen-bond acceptors (Lipinski definition) is 4. The Morgan fingerprint density at radius 3 is 2.25 bits per heavy atom. The van der Waals surface area contributed by atoms with Gasteiger partial charge in [0, 0.05) is 30.0 Å². The number of benzene rings is 2. The summed E-state index contributed by atoms with van der Waals surface area (Å²) in [5, 5.41) is 7.02. The van der Waals surface area contributed by atoms with Gasteiger partial charge in [0.15, 0.2) is 5.82 Å². The molecular weight excluding hydrogens is 368 g/mol. The number of amides is 1. The van der Waals surface area contributed by atoms with Crippen LogP contribution in [0.15, 0.2) is 36.4 Å². The van der Waals surface area contributed by atoms with Gasteiger partial charge in [-0.05, 0) is 26.0 Å². The lowest BCUT2D eigenvalue weighted by molar-refractivity contribution is 0.102. The van der Waals surface area contributed by atoms with Gasteiger partial charge >= 0.3 is 0 Å². The van der Waals surface area contributed by atoms with Crippen LogP contribution in [0.1, 0.15) is 21.7 Å². The fraction of sp³-hybridized carbons (Fsp3) is 0.200. The maximum Gasteiger partial charge on any atom is 0.259 e. The minimum absolute atomic E-state index is 0.0594. The molecule has 0 saturated heterocycles. The number of rotatable bonds is 5. The van der Waals surface area contributed by atoms with Crippen molar-refractivity contribution < 1.29 is 23.0 Å². The molecule has 2 aromatic carbocycles. The van der Waals surface area contributed by atoms with Crippen LogP contribution in [0.25, 0.3) is 5.69 Å². The molecule has 6 nitrogen and oxygen atoms in total. The summed E-state index contributed by atoms with van der Waals surface area (Å²) in [6.45, 7) is 3.29. The van der Waals surface area contributed by atoms with Crippen molar-refractivity contribution in [2.24, 2.45) is 0 Å². The lowest BCUT2D eigenvalue weighted by Crippen LogP contribution is -2.14. The second-order valence-corrected chi connectivity index (χ2v) is 6.11. The average molecular weight is 387 g/mol. The molecule has 1 N–H and O–H groups in total. The largest absolute Gasteiger partial charge is 0.497 e. The van der Waals surface area contributed by atoms with Crippen molar-refractivity contribution in [3.05, 3.63) is 65.0 Å². The number of nitrogens with one attached hydrogen (secondary N) is 1. The Morgan fingerprint density at radius 1 is 1.04 bits per heavy atom. The van der Waals surface area contributed by atoms with Crippen LogP contribution in [0.3, 0.4) is 0 Å². The number of ether oxygens (including phenoxy) is 2. The van der Waals surface area contributed by atoms with Crippen LogP contribution in [0, 0.1) is 25.5 Å². The maximum absolute atomic E-state index is 14.1. The van der Waals surface area contributed by atoms with Crippen LogP contribution >= 0.6 is 0 Å². The number of anilines is 1. The Labute approximate surface area is 160 Å². The molecule has 1 amide bonds.